The number of aryl methyl sites for hydroxylation is 1. The minimum Gasteiger partial charge on any atom is -0.462 e. The quantitative estimate of drug-likeness (QED) is 0.611. The molecule has 0 atom stereocenters. The lowest BCUT2D eigenvalue weighted by Gasteiger charge is -2.14. The lowest BCUT2D eigenvalue weighted by atomic mass is 10.0. The molecule has 0 aliphatic heterocycles. The third-order valence-corrected chi connectivity index (χ3v) is 2.61. The first kappa shape index (κ1) is 14.7. The maximum atomic E-state index is 12.3. The standard InChI is InChI=1S/C12H13ClF2O3/c1-3-17-11(16)10-8(6-13)7(2)4-5-9(10)18-12(14)15/h4-5,12H,3,6H2,1-2H3. The van der Waals surface area contributed by atoms with Gasteiger partial charge in [-0.3, -0.25) is 0 Å². The van der Waals surface area contributed by atoms with Crippen molar-refractivity contribution in [3.8, 4) is 5.75 Å². The van der Waals surface area contributed by atoms with Gasteiger partial charge in [-0.1, -0.05) is 6.07 Å². The molecule has 0 fully saturated rings. The largest absolute Gasteiger partial charge is 0.462 e. The van der Waals surface area contributed by atoms with Crippen LogP contribution in [0.2, 0.25) is 0 Å². The number of ether oxygens (including phenoxy) is 2. The Kier molecular flexibility index (Phi) is 5.34. The van der Waals surface area contributed by atoms with Gasteiger partial charge in [0.1, 0.15) is 11.3 Å². The van der Waals surface area contributed by atoms with Gasteiger partial charge in [-0.2, -0.15) is 8.78 Å². The van der Waals surface area contributed by atoms with Crippen molar-refractivity contribution in [3.05, 3.63) is 28.8 Å². The van der Waals surface area contributed by atoms with Crippen LogP contribution in [0.3, 0.4) is 0 Å². The third kappa shape index (κ3) is 3.32. The number of hydrogen-bond donors (Lipinski definition) is 0. The van der Waals surface area contributed by atoms with Gasteiger partial charge in [-0.05, 0) is 31.0 Å². The van der Waals surface area contributed by atoms with Crippen molar-refractivity contribution in [2.45, 2.75) is 26.3 Å². The summed E-state index contributed by atoms with van der Waals surface area (Å²) in [4.78, 5) is 11.8. The van der Waals surface area contributed by atoms with E-state index in [0.29, 0.717) is 5.56 Å². The highest BCUT2D eigenvalue weighted by atomic mass is 35.5. The molecule has 1 aromatic carbocycles. The van der Waals surface area contributed by atoms with Gasteiger partial charge in [-0.25, -0.2) is 4.79 Å². The lowest BCUT2D eigenvalue weighted by Crippen LogP contribution is -2.13. The van der Waals surface area contributed by atoms with Gasteiger partial charge in [-0.15, -0.1) is 11.6 Å². The van der Waals surface area contributed by atoms with E-state index < -0.39 is 12.6 Å². The zero-order valence-electron chi connectivity index (χ0n) is 10.0. The Balaban J connectivity index is 3.29. The molecule has 0 aromatic heterocycles. The Hall–Kier alpha value is -1.36. The van der Waals surface area contributed by atoms with E-state index in [0.717, 1.165) is 5.56 Å². The van der Waals surface area contributed by atoms with Crippen molar-refractivity contribution in [1.29, 1.82) is 0 Å². The van der Waals surface area contributed by atoms with E-state index in [1.807, 2.05) is 0 Å². The van der Waals surface area contributed by atoms with E-state index in [2.05, 4.69) is 4.74 Å². The number of carbonyl (C=O) groups excluding carboxylic acids is 1. The van der Waals surface area contributed by atoms with Gasteiger partial charge in [0.15, 0.2) is 0 Å². The molecule has 0 N–H and O–H groups in total. The summed E-state index contributed by atoms with van der Waals surface area (Å²) >= 11 is 5.74. The normalized spacial score (nSPS) is 10.6. The molecular formula is C12H13ClF2O3. The first-order valence-corrected chi connectivity index (χ1v) is 5.85. The maximum absolute atomic E-state index is 12.3. The molecule has 6 heteroatoms. The van der Waals surface area contributed by atoms with Crippen LogP contribution in [-0.4, -0.2) is 19.2 Å². The number of benzene rings is 1. The number of alkyl halides is 3. The molecule has 0 heterocycles. The highest BCUT2D eigenvalue weighted by Gasteiger charge is 2.22. The zero-order valence-corrected chi connectivity index (χ0v) is 10.8. The van der Waals surface area contributed by atoms with Crippen LogP contribution in [0.15, 0.2) is 12.1 Å². The fourth-order valence-electron chi connectivity index (χ4n) is 1.52. The van der Waals surface area contributed by atoms with Crippen LogP contribution in [0.1, 0.15) is 28.4 Å². The van der Waals surface area contributed by atoms with Crippen LogP contribution in [0, 0.1) is 6.92 Å². The summed E-state index contributed by atoms with van der Waals surface area (Å²) in [6.45, 7) is 0.487. The van der Waals surface area contributed by atoms with E-state index in [4.69, 9.17) is 16.3 Å². The maximum Gasteiger partial charge on any atom is 0.387 e. The first-order chi connectivity index (χ1) is 8.51. The van der Waals surface area contributed by atoms with Crippen molar-refractivity contribution in [1.82, 2.24) is 0 Å². The predicted molar refractivity (Wildman–Crippen MR) is 63.3 cm³/mol. The molecule has 0 spiro atoms. The minimum atomic E-state index is -3.01. The van der Waals surface area contributed by atoms with Crippen LogP contribution < -0.4 is 4.74 Å². The number of carbonyl (C=O) groups is 1. The molecule has 0 amide bonds. The van der Waals surface area contributed by atoms with Crippen molar-refractivity contribution < 1.29 is 23.0 Å². The van der Waals surface area contributed by atoms with Gasteiger partial charge >= 0.3 is 12.6 Å². The van der Waals surface area contributed by atoms with Gasteiger partial charge in [0.05, 0.1) is 6.61 Å². The molecule has 1 aromatic rings. The third-order valence-electron chi connectivity index (χ3n) is 2.34. The average Bonchev–Trinajstić information content (AvgIpc) is 2.30. The molecule has 18 heavy (non-hydrogen) atoms. The topological polar surface area (TPSA) is 35.5 Å². The highest BCUT2D eigenvalue weighted by Crippen LogP contribution is 2.29. The smallest absolute Gasteiger partial charge is 0.387 e. The monoisotopic (exact) mass is 278 g/mol. The highest BCUT2D eigenvalue weighted by molar-refractivity contribution is 6.18. The SMILES string of the molecule is CCOC(=O)c1c(OC(F)F)ccc(C)c1CCl. The molecule has 3 nitrogen and oxygen atoms in total. The zero-order chi connectivity index (χ0) is 13.7. The second kappa shape index (κ2) is 6.54. The Morgan fingerprint density at radius 2 is 2.11 bits per heavy atom. The Labute approximate surface area is 109 Å². The van der Waals surface area contributed by atoms with Crippen LogP contribution >= 0.6 is 11.6 Å². The number of rotatable bonds is 5. The van der Waals surface area contributed by atoms with Gasteiger partial charge < -0.3 is 9.47 Å². The first-order valence-electron chi connectivity index (χ1n) is 5.31. The van der Waals surface area contributed by atoms with E-state index in [-0.39, 0.29) is 23.8 Å². The fraction of sp³-hybridized carbons (Fsp3) is 0.417. The minimum absolute atomic E-state index is 0.0143. The van der Waals surface area contributed by atoms with Gasteiger partial charge in [0, 0.05) is 5.88 Å². The van der Waals surface area contributed by atoms with Crippen molar-refractivity contribution in [3.63, 3.8) is 0 Å². The molecule has 0 unspecified atom stereocenters. The molecule has 1 rings (SSSR count). The molecule has 0 aliphatic rings. The van der Waals surface area contributed by atoms with Crippen molar-refractivity contribution >= 4 is 17.6 Å². The van der Waals surface area contributed by atoms with E-state index in [1.165, 1.54) is 6.07 Å². The molecule has 0 radical (unpaired) electrons. The molecule has 0 saturated carbocycles. The summed E-state index contributed by atoms with van der Waals surface area (Å²) in [5, 5.41) is 0. The fourth-order valence-corrected chi connectivity index (χ4v) is 1.87. The van der Waals surface area contributed by atoms with Crippen LogP contribution in [-0.2, 0) is 10.6 Å². The Morgan fingerprint density at radius 3 is 2.61 bits per heavy atom. The van der Waals surface area contributed by atoms with Gasteiger partial charge in [0.25, 0.3) is 0 Å². The summed E-state index contributed by atoms with van der Waals surface area (Å²) < 4.78 is 33.7. The summed E-state index contributed by atoms with van der Waals surface area (Å²) in [7, 11) is 0. The van der Waals surface area contributed by atoms with E-state index in [1.54, 1.807) is 19.9 Å². The second-order valence-corrected chi connectivity index (χ2v) is 3.73. The van der Waals surface area contributed by atoms with Crippen LogP contribution in [0.25, 0.3) is 0 Å². The predicted octanol–water partition coefficient (Wildman–Crippen LogP) is 3.51. The van der Waals surface area contributed by atoms with E-state index in [9.17, 15) is 13.6 Å². The number of halogens is 3. The number of esters is 1. The van der Waals surface area contributed by atoms with Crippen molar-refractivity contribution in [2.24, 2.45) is 0 Å². The molecule has 0 aliphatic carbocycles. The summed E-state index contributed by atoms with van der Waals surface area (Å²) in [6.07, 6.45) is 0. The van der Waals surface area contributed by atoms with Crippen LogP contribution in [0.4, 0.5) is 8.78 Å². The van der Waals surface area contributed by atoms with E-state index >= 15 is 0 Å². The number of hydrogen-bond acceptors (Lipinski definition) is 3. The molecular weight excluding hydrogens is 266 g/mol. The lowest BCUT2D eigenvalue weighted by molar-refractivity contribution is -0.0505. The molecule has 100 valence electrons. The summed E-state index contributed by atoms with van der Waals surface area (Å²) in [5.41, 5.74) is 1.12. The second-order valence-electron chi connectivity index (χ2n) is 3.47. The summed E-state index contributed by atoms with van der Waals surface area (Å²) in [5.74, 6) is -0.919. The van der Waals surface area contributed by atoms with Crippen molar-refractivity contribution in [2.75, 3.05) is 6.61 Å². The van der Waals surface area contributed by atoms with Gasteiger partial charge in [0.2, 0.25) is 0 Å². The van der Waals surface area contributed by atoms with Crippen LogP contribution in [0.5, 0.6) is 5.75 Å². The Bertz CT molecular complexity index is 436. The summed E-state index contributed by atoms with van der Waals surface area (Å²) in [6, 6.07) is 2.88. The molecule has 0 bridgehead atoms. The molecule has 0 saturated heterocycles. The Morgan fingerprint density at radius 1 is 1.44 bits per heavy atom. The average molecular weight is 279 g/mol.